The number of hydrogen-bond donors (Lipinski definition) is 3. The third-order valence-corrected chi connectivity index (χ3v) is 16.2. The fourth-order valence-corrected chi connectivity index (χ4v) is 11.8. The van der Waals surface area contributed by atoms with Gasteiger partial charge < -0.3 is 77.4 Å². The van der Waals surface area contributed by atoms with E-state index < -0.39 is 145 Å². The summed E-state index contributed by atoms with van der Waals surface area (Å²) < 4.78 is 70.4. The zero-order valence-corrected chi connectivity index (χ0v) is 49.9. The van der Waals surface area contributed by atoms with Crippen LogP contribution in [0.25, 0.3) is 0 Å². The van der Waals surface area contributed by atoms with Crippen molar-refractivity contribution in [1.29, 1.82) is 0 Å². The number of amides is 1. The summed E-state index contributed by atoms with van der Waals surface area (Å²) in [6.07, 6.45) is -13.5. The van der Waals surface area contributed by atoms with Gasteiger partial charge in [0.15, 0.2) is 30.3 Å². The molecule has 4 fully saturated rings. The average Bonchev–Trinajstić information content (AvgIpc) is 3.55. The number of aliphatic hydroxyl groups is 2. The van der Waals surface area contributed by atoms with Gasteiger partial charge in [-0.1, -0.05) is 84.0 Å². The van der Waals surface area contributed by atoms with E-state index in [1.54, 1.807) is 34.6 Å². The summed E-state index contributed by atoms with van der Waals surface area (Å²) in [5.74, 6) is -7.37. The van der Waals surface area contributed by atoms with E-state index in [1.165, 1.54) is 28.3 Å². The van der Waals surface area contributed by atoms with E-state index in [9.17, 15) is 19.8 Å². The molecule has 21 nitrogen and oxygen atoms in total. The number of Topliss-reactive ketones (excluding diaryl/α,β-unsaturated/α-hetero) is 1. The lowest BCUT2D eigenvalue weighted by Gasteiger charge is -2.45. The van der Waals surface area contributed by atoms with Gasteiger partial charge in [0.1, 0.15) is 43.7 Å². The van der Waals surface area contributed by atoms with E-state index in [4.69, 9.17) is 56.9 Å². The van der Waals surface area contributed by atoms with Crippen LogP contribution >= 0.6 is 0 Å². The Bertz CT molecular complexity index is 2120. The molecular weight excluding hydrogens is 1030 g/mol. The highest BCUT2D eigenvalue weighted by Gasteiger charge is 2.53. The van der Waals surface area contributed by atoms with Gasteiger partial charge in [-0.05, 0) is 72.4 Å². The summed E-state index contributed by atoms with van der Waals surface area (Å²) in [6.45, 7) is 24.0. The lowest BCUT2D eigenvalue weighted by molar-refractivity contribution is -0.305. The van der Waals surface area contributed by atoms with Gasteiger partial charge in [0, 0.05) is 70.4 Å². The van der Waals surface area contributed by atoms with Crippen molar-refractivity contribution in [2.75, 3.05) is 41.5 Å². The standard InChI is InChI=1S/C58H95N3O18/c1-30(2)23-43(62)75-49-37(9)48(32(4)29-71-56-52(69-16)51(68-15)45(63)40(12)74-56)77-54(66)39(11)50(76-44-24-33(5)61(14)28-35(7)72-44)36(8)47(78-55-46(64)42(60-70-17)25-34(6)73-55)31(3)26-58(13,53(65)38(49)10)79-57(67)59-27-41-21-19-18-20-22-41/h18-22,30-40,44-52,55-56,63-64H,23-29H2,1-17H3,(H,59,67)/t31-,32-,33-,34+,35-,36+,37-,38+,39+,40+,44-,45+,46+,47-,48+,49+,50-,51+,52+,55-,56+,58-/m0/s1. The predicted octanol–water partition coefficient (Wildman–Crippen LogP) is 6.21. The van der Waals surface area contributed by atoms with Crippen molar-refractivity contribution in [3.05, 3.63) is 35.9 Å². The van der Waals surface area contributed by atoms with Gasteiger partial charge in [0.2, 0.25) is 0 Å². The maximum atomic E-state index is 15.8. The number of cyclic esters (lactones) is 1. The van der Waals surface area contributed by atoms with Crippen molar-refractivity contribution in [2.45, 2.75) is 220 Å². The molecule has 0 bridgehead atoms. The molecule has 0 radical (unpaired) electrons. The van der Waals surface area contributed by atoms with E-state index in [0.29, 0.717) is 13.0 Å². The molecule has 3 N–H and O–H groups in total. The quantitative estimate of drug-likeness (QED) is 0.0892. The van der Waals surface area contributed by atoms with Crippen LogP contribution in [0.5, 0.6) is 0 Å². The van der Waals surface area contributed by atoms with Crippen LogP contribution in [0.3, 0.4) is 0 Å². The number of hydrogen-bond acceptors (Lipinski definition) is 20. The van der Waals surface area contributed by atoms with Crippen molar-refractivity contribution in [1.82, 2.24) is 10.2 Å². The van der Waals surface area contributed by atoms with Crippen molar-refractivity contribution in [3.63, 3.8) is 0 Å². The van der Waals surface area contributed by atoms with E-state index >= 15 is 9.59 Å². The van der Waals surface area contributed by atoms with Crippen LogP contribution in [-0.4, -0.2) is 184 Å². The molecule has 4 aliphatic heterocycles. The van der Waals surface area contributed by atoms with Crippen LogP contribution in [0.1, 0.15) is 121 Å². The number of likely N-dealkylation sites (N-methyl/N-ethyl adjacent to an activating group) is 1. The molecule has 0 unspecified atom stereocenters. The Balaban J connectivity index is 1.70. The summed E-state index contributed by atoms with van der Waals surface area (Å²) in [4.78, 5) is 66.7. The van der Waals surface area contributed by atoms with Crippen molar-refractivity contribution in [3.8, 4) is 0 Å². The molecule has 22 atom stereocenters. The zero-order valence-electron chi connectivity index (χ0n) is 49.9. The van der Waals surface area contributed by atoms with Crippen LogP contribution in [0.2, 0.25) is 0 Å². The largest absolute Gasteiger partial charge is 0.461 e. The Morgan fingerprint density at radius 2 is 1.49 bits per heavy atom. The zero-order chi connectivity index (χ0) is 58.6. The number of ketones is 1. The fourth-order valence-electron chi connectivity index (χ4n) is 11.8. The molecule has 4 aliphatic rings. The van der Waals surface area contributed by atoms with Crippen LogP contribution < -0.4 is 5.32 Å². The minimum Gasteiger partial charge on any atom is -0.461 e. The fraction of sp³-hybridized carbons (Fsp3) is 0.810. The highest BCUT2D eigenvalue weighted by Crippen LogP contribution is 2.40. The van der Waals surface area contributed by atoms with E-state index in [-0.39, 0.29) is 56.2 Å². The lowest BCUT2D eigenvalue weighted by atomic mass is 9.74. The normalized spacial score (nSPS) is 39.5. The average molecular weight is 1120 g/mol. The number of methoxy groups -OCH3 is 2. The Kier molecular flexibility index (Phi) is 25.0. The van der Waals surface area contributed by atoms with E-state index in [1.807, 2.05) is 78.9 Å². The number of esters is 2. The number of ether oxygens (including phenoxy) is 11. The summed E-state index contributed by atoms with van der Waals surface area (Å²) in [6, 6.07) is 9.25. The molecule has 1 aromatic rings. The number of nitrogens with one attached hydrogen (secondary N) is 1. The molecule has 0 aliphatic carbocycles. The maximum Gasteiger partial charge on any atom is 0.408 e. The first-order valence-corrected chi connectivity index (χ1v) is 28.3. The second kappa shape index (κ2) is 29.9. The molecule has 1 amide bonds. The lowest BCUT2D eigenvalue weighted by Crippen LogP contribution is -2.59. The van der Waals surface area contributed by atoms with E-state index in [2.05, 4.69) is 22.3 Å². The highest BCUT2D eigenvalue weighted by atomic mass is 16.7. The maximum absolute atomic E-state index is 15.8. The molecular formula is C58H95N3O18. The Morgan fingerprint density at radius 3 is 2.13 bits per heavy atom. The summed E-state index contributed by atoms with van der Waals surface area (Å²) in [5, 5.41) is 29.7. The Morgan fingerprint density at radius 1 is 0.823 bits per heavy atom. The second-order valence-corrected chi connectivity index (χ2v) is 23.5. The topological polar surface area (TPSA) is 247 Å². The Hall–Kier alpha value is -3.87. The third-order valence-electron chi connectivity index (χ3n) is 16.2. The first-order valence-electron chi connectivity index (χ1n) is 28.3. The first-order chi connectivity index (χ1) is 37.2. The summed E-state index contributed by atoms with van der Waals surface area (Å²) in [7, 11) is 6.31. The Labute approximate surface area is 468 Å². The van der Waals surface area contributed by atoms with Crippen molar-refractivity contribution < 1.29 is 86.3 Å². The van der Waals surface area contributed by atoms with Gasteiger partial charge in [0.25, 0.3) is 0 Å². The smallest absolute Gasteiger partial charge is 0.408 e. The molecule has 0 spiro atoms. The number of rotatable bonds is 17. The van der Waals surface area contributed by atoms with Gasteiger partial charge in [-0.25, -0.2) is 4.79 Å². The number of nitrogens with zero attached hydrogens (tertiary/aromatic N) is 2. The number of carbonyl (C=O) groups is 4. The minimum atomic E-state index is -1.95. The van der Waals surface area contributed by atoms with Crippen LogP contribution in [0, 0.1) is 41.4 Å². The molecule has 0 saturated carbocycles. The number of alkyl carbamates (subject to hydrolysis) is 1. The number of benzene rings is 1. The van der Waals surface area contributed by atoms with Gasteiger partial charge in [-0.3, -0.25) is 14.4 Å². The molecule has 450 valence electrons. The number of aliphatic hydroxyl groups excluding tert-OH is 2. The predicted molar refractivity (Wildman–Crippen MR) is 290 cm³/mol. The monoisotopic (exact) mass is 1120 g/mol. The van der Waals surface area contributed by atoms with Gasteiger partial charge >= 0.3 is 18.0 Å². The van der Waals surface area contributed by atoms with Crippen molar-refractivity contribution in [2.24, 2.45) is 46.6 Å². The summed E-state index contributed by atoms with van der Waals surface area (Å²) >= 11 is 0. The molecule has 4 heterocycles. The molecule has 21 heteroatoms. The van der Waals surface area contributed by atoms with Gasteiger partial charge in [-0.15, -0.1) is 0 Å². The molecule has 1 aromatic carbocycles. The highest BCUT2D eigenvalue weighted by molar-refractivity contribution is 5.91. The van der Waals surface area contributed by atoms with Gasteiger partial charge in [-0.2, -0.15) is 0 Å². The van der Waals surface area contributed by atoms with Gasteiger partial charge in [0.05, 0.1) is 54.7 Å². The molecule has 79 heavy (non-hydrogen) atoms. The van der Waals surface area contributed by atoms with Crippen LogP contribution in [0.15, 0.2) is 35.5 Å². The SMILES string of the molecule is CON=C1C[C@@H](C)O[C@@H](O[C@@H]2[C@@H](C)[C@H](O[C@H]3C[C@H](C)N(C)C[C@H](C)O3)[C@@H](C)C(=O)O[C@H]([C@@H](C)CO[C@@H]3O[C@H](C)[C@@H](O)[C@@H](OC)[C@H]3OC)[C@H](C)[C@@H](OC(=O)CC(C)C)[C@@H](C)C(=O)[C@@](C)(OC(=O)NCc3ccccc3)C[C@@H]2C)[C@@H]1O. The molecule has 0 aromatic heterocycles. The second-order valence-electron chi connectivity index (χ2n) is 23.5. The molecule has 5 rings (SSSR count). The first kappa shape index (κ1) is 65.9. The van der Waals surface area contributed by atoms with E-state index in [0.717, 1.165) is 5.56 Å². The number of oxime groups is 1. The minimum absolute atomic E-state index is 0.00973. The third kappa shape index (κ3) is 17.3. The number of carbonyl (C=O) groups excluding carboxylic acids is 4. The summed E-state index contributed by atoms with van der Waals surface area (Å²) in [5.41, 5.74) is -0.873. The van der Waals surface area contributed by atoms with Crippen LogP contribution in [0.4, 0.5) is 4.79 Å². The van der Waals surface area contributed by atoms with Crippen molar-refractivity contribution >= 4 is 29.5 Å². The van der Waals surface area contributed by atoms with Crippen LogP contribution in [-0.2, 0) is 77.9 Å². The molecule has 4 saturated heterocycles.